The first kappa shape index (κ1) is 15.4. The van der Waals surface area contributed by atoms with E-state index in [4.69, 9.17) is 0 Å². The smallest absolute Gasteiger partial charge is 0.0230 e. The van der Waals surface area contributed by atoms with Gasteiger partial charge in [0.25, 0.3) is 0 Å². The molecule has 0 saturated carbocycles. The van der Waals surface area contributed by atoms with Crippen molar-refractivity contribution in [2.24, 2.45) is 0 Å². The minimum atomic E-state index is 1.17. The standard InChI is InChI=1S/C20H30/c1-18-12-10-8-6-4-2-3-5-7-9-11-13-19-14-16-20(18)17-15-19/h14-17H,1-13H2. The second-order valence-electron chi connectivity index (χ2n) is 6.34. The van der Waals surface area contributed by atoms with Crippen LogP contribution in [0.3, 0.4) is 0 Å². The molecule has 2 aliphatic rings. The number of hydrogen-bond donors (Lipinski definition) is 0. The molecular formula is C20H30. The summed E-state index contributed by atoms with van der Waals surface area (Å²) in [6.07, 6.45) is 16.4. The molecule has 110 valence electrons. The summed E-state index contributed by atoms with van der Waals surface area (Å²) in [5, 5.41) is 0. The molecule has 0 nitrogen and oxygen atoms in total. The van der Waals surface area contributed by atoms with Gasteiger partial charge in [-0.3, -0.25) is 0 Å². The Bertz CT molecular complexity index is 385. The van der Waals surface area contributed by atoms with Gasteiger partial charge in [-0.15, -0.1) is 0 Å². The van der Waals surface area contributed by atoms with Gasteiger partial charge in [0.1, 0.15) is 0 Å². The van der Waals surface area contributed by atoms with Crippen LogP contribution >= 0.6 is 0 Å². The normalized spacial score (nSPS) is 19.7. The quantitative estimate of drug-likeness (QED) is 0.501. The summed E-state index contributed by atoms with van der Waals surface area (Å²) < 4.78 is 0. The van der Waals surface area contributed by atoms with Crippen LogP contribution in [0.1, 0.15) is 81.8 Å². The summed E-state index contributed by atoms with van der Waals surface area (Å²) in [6.45, 7) is 4.26. The highest BCUT2D eigenvalue weighted by molar-refractivity contribution is 5.63. The summed E-state index contributed by atoms with van der Waals surface area (Å²) in [5.74, 6) is 0. The molecule has 0 unspecified atom stereocenters. The Labute approximate surface area is 125 Å². The lowest BCUT2D eigenvalue weighted by atomic mass is 9.98. The zero-order chi connectivity index (χ0) is 14.0. The van der Waals surface area contributed by atoms with E-state index in [-0.39, 0.29) is 0 Å². The Balaban J connectivity index is 1.90. The number of rotatable bonds is 0. The Morgan fingerprint density at radius 2 is 1.00 bits per heavy atom. The molecule has 0 spiro atoms. The van der Waals surface area contributed by atoms with Crippen molar-refractivity contribution in [2.75, 3.05) is 0 Å². The van der Waals surface area contributed by atoms with Crippen LogP contribution in [0.25, 0.3) is 5.57 Å². The van der Waals surface area contributed by atoms with Crippen LogP contribution in [0.5, 0.6) is 0 Å². The summed E-state index contributed by atoms with van der Waals surface area (Å²) >= 11 is 0. The molecular weight excluding hydrogens is 240 g/mol. The number of hydrogen-bond acceptors (Lipinski definition) is 0. The highest BCUT2D eigenvalue weighted by Crippen LogP contribution is 2.21. The molecule has 2 bridgehead atoms. The molecule has 0 aromatic heterocycles. The van der Waals surface area contributed by atoms with Crippen LogP contribution in [-0.2, 0) is 6.42 Å². The van der Waals surface area contributed by atoms with Crippen molar-refractivity contribution in [3.05, 3.63) is 42.0 Å². The van der Waals surface area contributed by atoms with Crippen LogP contribution in [0.4, 0.5) is 0 Å². The van der Waals surface area contributed by atoms with Gasteiger partial charge in [0.15, 0.2) is 0 Å². The summed E-state index contributed by atoms with van der Waals surface area (Å²) in [5.41, 5.74) is 4.16. The molecule has 0 atom stereocenters. The molecule has 0 amide bonds. The van der Waals surface area contributed by atoms with E-state index in [1.54, 1.807) is 0 Å². The van der Waals surface area contributed by atoms with E-state index >= 15 is 0 Å². The maximum absolute atomic E-state index is 4.26. The SMILES string of the molecule is C=C1CCCCCCCCCCCCc2ccc1cc2. The van der Waals surface area contributed by atoms with Crippen molar-refractivity contribution in [1.29, 1.82) is 0 Å². The van der Waals surface area contributed by atoms with Gasteiger partial charge < -0.3 is 0 Å². The minimum Gasteiger partial charge on any atom is -0.0952 e. The van der Waals surface area contributed by atoms with E-state index < -0.39 is 0 Å². The Hall–Kier alpha value is -1.04. The number of aryl methyl sites for hydroxylation is 1. The second kappa shape index (κ2) is 9.00. The third-order valence-electron chi connectivity index (χ3n) is 4.56. The van der Waals surface area contributed by atoms with Crippen molar-refractivity contribution < 1.29 is 0 Å². The highest BCUT2D eigenvalue weighted by atomic mass is 14.1. The van der Waals surface area contributed by atoms with Crippen molar-refractivity contribution >= 4 is 5.57 Å². The fourth-order valence-electron chi connectivity index (χ4n) is 3.13. The van der Waals surface area contributed by atoms with Gasteiger partial charge in [-0.2, -0.15) is 0 Å². The third kappa shape index (κ3) is 5.53. The van der Waals surface area contributed by atoms with Gasteiger partial charge in [-0.05, 0) is 42.4 Å². The van der Waals surface area contributed by atoms with E-state index in [1.807, 2.05) is 0 Å². The van der Waals surface area contributed by atoms with Crippen molar-refractivity contribution in [3.63, 3.8) is 0 Å². The minimum absolute atomic E-state index is 1.17. The monoisotopic (exact) mass is 270 g/mol. The van der Waals surface area contributed by atoms with Gasteiger partial charge >= 0.3 is 0 Å². The summed E-state index contributed by atoms with van der Waals surface area (Å²) in [6, 6.07) is 9.16. The van der Waals surface area contributed by atoms with Gasteiger partial charge in [-0.1, -0.05) is 82.2 Å². The molecule has 1 aromatic carbocycles. The van der Waals surface area contributed by atoms with Crippen molar-refractivity contribution in [2.45, 2.75) is 77.0 Å². The molecule has 0 saturated heterocycles. The van der Waals surface area contributed by atoms with Crippen LogP contribution < -0.4 is 0 Å². The lowest BCUT2D eigenvalue weighted by Crippen LogP contribution is -1.88. The number of fused-ring (bicyclic) bond motifs is 14. The molecule has 3 rings (SSSR count). The molecule has 0 heteroatoms. The van der Waals surface area contributed by atoms with Gasteiger partial charge in [0.2, 0.25) is 0 Å². The summed E-state index contributed by atoms with van der Waals surface area (Å²) in [7, 11) is 0. The van der Waals surface area contributed by atoms with Crippen LogP contribution in [0.15, 0.2) is 30.8 Å². The Morgan fingerprint density at radius 1 is 0.550 bits per heavy atom. The van der Waals surface area contributed by atoms with Gasteiger partial charge in [0.05, 0.1) is 0 Å². The van der Waals surface area contributed by atoms with E-state index in [1.165, 1.54) is 93.7 Å². The fourth-order valence-corrected chi connectivity index (χ4v) is 3.13. The van der Waals surface area contributed by atoms with Crippen molar-refractivity contribution in [3.8, 4) is 0 Å². The Morgan fingerprint density at radius 3 is 1.55 bits per heavy atom. The highest BCUT2D eigenvalue weighted by Gasteiger charge is 2.01. The zero-order valence-electron chi connectivity index (χ0n) is 13.0. The zero-order valence-corrected chi connectivity index (χ0v) is 13.0. The number of allylic oxidation sites excluding steroid dienone is 1. The van der Waals surface area contributed by atoms with E-state index in [9.17, 15) is 0 Å². The maximum Gasteiger partial charge on any atom is -0.0230 e. The van der Waals surface area contributed by atoms with Crippen molar-refractivity contribution in [1.82, 2.24) is 0 Å². The lowest BCUT2D eigenvalue weighted by molar-refractivity contribution is 0.553. The first-order valence-electron chi connectivity index (χ1n) is 8.63. The van der Waals surface area contributed by atoms with E-state index in [0.717, 1.165) is 0 Å². The number of benzene rings is 1. The average molecular weight is 270 g/mol. The first-order chi connectivity index (χ1) is 9.86. The fraction of sp³-hybridized carbons (Fsp3) is 0.600. The molecule has 1 aromatic rings. The van der Waals surface area contributed by atoms with Crippen LogP contribution in [0, 0.1) is 0 Å². The average Bonchev–Trinajstić information content (AvgIpc) is 2.48. The van der Waals surface area contributed by atoms with E-state index in [0.29, 0.717) is 0 Å². The molecule has 0 fully saturated rings. The predicted molar refractivity (Wildman–Crippen MR) is 90.0 cm³/mol. The predicted octanol–water partition coefficient (Wildman–Crippen LogP) is 6.55. The third-order valence-corrected chi connectivity index (χ3v) is 4.56. The molecule has 0 N–H and O–H groups in total. The molecule has 2 aliphatic carbocycles. The topological polar surface area (TPSA) is 0 Å². The Kier molecular flexibility index (Phi) is 6.91. The van der Waals surface area contributed by atoms with Gasteiger partial charge in [0, 0.05) is 0 Å². The molecule has 0 radical (unpaired) electrons. The van der Waals surface area contributed by atoms with E-state index in [2.05, 4.69) is 30.8 Å². The van der Waals surface area contributed by atoms with Gasteiger partial charge in [-0.25, -0.2) is 0 Å². The first-order valence-corrected chi connectivity index (χ1v) is 8.63. The second-order valence-corrected chi connectivity index (χ2v) is 6.34. The van der Waals surface area contributed by atoms with Crippen LogP contribution in [0.2, 0.25) is 0 Å². The molecule has 0 heterocycles. The van der Waals surface area contributed by atoms with Crippen LogP contribution in [-0.4, -0.2) is 0 Å². The molecule has 20 heavy (non-hydrogen) atoms. The summed E-state index contributed by atoms with van der Waals surface area (Å²) in [4.78, 5) is 0. The largest absolute Gasteiger partial charge is 0.0952 e. The lowest BCUT2D eigenvalue weighted by Gasteiger charge is -2.07. The maximum atomic E-state index is 4.26. The molecule has 0 aliphatic heterocycles.